The largest absolute Gasteiger partial charge is 0.347 e. The maximum Gasteiger partial charge on any atom is 0.268 e. The Bertz CT molecular complexity index is 804. The van der Waals surface area contributed by atoms with E-state index in [-0.39, 0.29) is 17.5 Å². The van der Waals surface area contributed by atoms with Gasteiger partial charge in [0, 0.05) is 31.1 Å². The van der Waals surface area contributed by atoms with E-state index in [4.69, 9.17) is 0 Å². The molecule has 5 nitrogen and oxygen atoms in total. The minimum Gasteiger partial charge on any atom is -0.347 e. The van der Waals surface area contributed by atoms with Crippen molar-refractivity contribution in [1.82, 2.24) is 15.2 Å². The van der Waals surface area contributed by atoms with Crippen molar-refractivity contribution in [2.24, 2.45) is 11.8 Å². The summed E-state index contributed by atoms with van der Waals surface area (Å²) in [5.74, 6) is 1.17. The van der Waals surface area contributed by atoms with Crippen LogP contribution in [0.2, 0.25) is 0 Å². The van der Waals surface area contributed by atoms with Gasteiger partial charge in [0.15, 0.2) is 0 Å². The summed E-state index contributed by atoms with van der Waals surface area (Å²) in [5, 5.41) is 4.39. The van der Waals surface area contributed by atoms with Crippen LogP contribution < -0.4 is 10.9 Å². The second-order valence-electron chi connectivity index (χ2n) is 7.64. The van der Waals surface area contributed by atoms with E-state index in [0.29, 0.717) is 22.9 Å². The predicted molar refractivity (Wildman–Crippen MR) is 101 cm³/mol. The summed E-state index contributed by atoms with van der Waals surface area (Å²) >= 11 is 0. The first kappa shape index (κ1) is 17.7. The molecule has 2 N–H and O–H groups in total. The number of nitrogens with one attached hydrogen (secondary N) is 2. The zero-order valence-corrected chi connectivity index (χ0v) is 15.2. The minimum absolute atomic E-state index is 0.0278. The molecule has 1 aromatic heterocycles. The van der Waals surface area contributed by atoms with Crippen molar-refractivity contribution in [2.45, 2.75) is 33.2 Å². The number of fused-ring (bicyclic) bond motifs is 1. The average molecular weight is 341 g/mol. The molecule has 1 aliphatic heterocycles. The summed E-state index contributed by atoms with van der Waals surface area (Å²) in [5.41, 5.74) is 0.0884. The number of hydrogen-bond acceptors (Lipinski definition) is 3. The molecule has 0 unspecified atom stereocenters. The molecule has 0 radical (unpaired) electrons. The van der Waals surface area contributed by atoms with E-state index in [1.54, 1.807) is 12.1 Å². The van der Waals surface area contributed by atoms with Crippen molar-refractivity contribution >= 4 is 16.7 Å². The highest BCUT2D eigenvalue weighted by atomic mass is 16.2. The molecule has 0 saturated carbocycles. The van der Waals surface area contributed by atoms with Crippen LogP contribution in [0.25, 0.3) is 10.8 Å². The van der Waals surface area contributed by atoms with Crippen LogP contribution >= 0.6 is 0 Å². The fourth-order valence-corrected chi connectivity index (χ4v) is 4.01. The summed E-state index contributed by atoms with van der Waals surface area (Å²) in [6, 6.07) is 9.06. The summed E-state index contributed by atoms with van der Waals surface area (Å²) in [4.78, 5) is 29.8. The van der Waals surface area contributed by atoms with Gasteiger partial charge >= 0.3 is 0 Å². The smallest absolute Gasteiger partial charge is 0.268 e. The van der Waals surface area contributed by atoms with Crippen LogP contribution in [0.3, 0.4) is 0 Å². The number of aromatic nitrogens is 1. The molecule has 0 bridgehead atoms. The first-order valence-corrected chi connectivity index (χ1v) is 9.07. The van der Waals surface area contributed by atoms with Gasteiger partial charge in [-0.25, -0.2) is 0 Å². The molecule has 1 amide bonds. The Morgan fingerprint density at radius 1 is 1.28 bits per heavy atom. The van der Waals surface area contributed by atoms with Crippen LogP contribution in [0.15, 0.2) is 35.1 Å². The monoisotopic (exact) mass is 341 g/mol. The normalized spacial score (nSPS) is 22.7. The van der Waals surface area contributed by atoms with E-state index in [2.05, 4.69) is 29.0 Å². The molecule has 1 saturated heterocycles. The highest BCUT2D eigenvalue weighted by Gasteiger charge is 2.23. The third-order valence-electron chi connectivity index (χ3n) is 4.85. The molecule has 1 aliphatic rings. The lowest BCUT2D eigenvalue weighted by molar-refractivity contribution is 0.0900. The average Bonchev–Trinajstić information content (AvgIpc) is 2.53. The predicted octanol–water partition coefficient (Wildman–Crippen LogP) is 2.62. The molecule has 1 fully saturated rings. The SMILES string of the molecule is C[C@@H]1C[C@@H](C)CN(C[C@H](C)NC(=O)c2cc3ccccc3c(=O)[nH]2)C1. The van der Waals surface area contributed by atoms with Crippen molar-refractivity contribution < 1.29 is 4.79 Å². The molecule has 0 spiro atoms. The summed E-state index contributed by atoms with van der Waals surface area (Å²) in [6.45, 7) is 9.57. The van der Waals surface area contributed by atoms with Crippen molar-refractivity contribution in [2.75, 3.05) is 19.6 Å². The summed E-state index contributed by atoms with van der Waals surface area (Å²) in [6.07, 6.45) is 1.27. The number of hydrogen-bond donors (Lipinski definition) is 2. The Morgan fingerprint density at radius 3 is 2.68 bits per heavy atom. The number of rotatable bonds is 4. The molecule has 134 valence electrons. The number of piperidine rings is 1. The summed E-state index contributed by atoms with van der Waals surface area (Å²) < 4.78 is 0. The van der Waals surface area contributed by atoms with Gasteiger partial charge in [0.2, 0.25) is 0 Å². The molecular formula is C20H27N3O2. The number of benzene rings is 1. The Labute approximate surface area is 148 Å². The van der Waals surface area contributed by atoms with Gasteiger partial charge in [-0.1, -0.05) is 32.0 Å². The van der Waals surface area contributed by atoms with E-state index < -0.39 is 0 Å². The molecule has 3 rings (SSSR count). The zero-order chi connectivity index (χ0) is 18.0. The van der Waals surface area contributed by atoms with Gasteiger partial charge in [0.05, 0.1) is 0 Å². The third kappa shape index (κ3) is 4.28. The van der Waals surface area contributed by atoms with Crippen LogP contribution in [-0.2, 0) is 0 Å². The second-order valence-corrected chi connectivity index (χ2v) is 7.64. The molecule has 0 aliphatic carbocycles. The molecule has 1 aromatic carbocycles. The van der Waals surface area contributed by atoms with Crippen LogP contribution in [0.4, 0.5) is 0 Å². The van der Waals surface area contributed by atoms with Gasteiger partial charge in [-0.15, -0.1) is 0 Å². The second kappa shape index (κ2) is 7.40. The highest BCUT2D eigenvalue weighted by molar-refractivity contribution is 5.96. The lowest BCUT2D eigenvalue weighted by Gasteiger charge is -2.36. The fourth-order valence-electron chi connectivity index (χ4n) is 4.01. The standard InChI is InChI=1S/C20H27N3O2/c1-13-8-14(2)11-23(10-13)12-15(3)21-20(25)18-9-16-6-4-5-7-17(16)19(24)22-18/h4-7,9,13-15H,8,10-12H2,1-3H3,(H,21,25)(H,22,24)/t13-,14-,15+/m1/s1. The number of nitrogens with zero attached hydrogens (tertiary/aromatic N) is 1. The van der Waals surface area contributed by atoms with E-state index in [0.717, 1.165) is 25.0 Å². The first-order chi connectivity index (χ1) is 11.9. The molecular weight excluding hydrogens is 314 g/mol. The van der Waals surface area contributed by atoms with Crippen molar-refractivity contribution in [3.8, 4) is 0 Å². The molecule has 2 heterocycles. The topological polar surface area (TPSA) is 65.2 Å². The molecule has 25 heavy (non-hydrogen) atoms. The van der Waals surface area contributed by atoms with E-state index >= 15 is 0 Å². The molecule has 3 atom stereocenters. The lowest BCUT2D eigenvalue weighted by Crippen LogP contribution is -2.47. The molecule has 2 aromatic rings. The quantitative estimate of drug-likeness (QED) is 0.898. The van der Waals surface area contributed by atoms with Crippen LogP contribution in [0, 0.1) is 11.8 Å². The van der Waals surface area contributed by atoms with Crippen LogP contribution in [-0.4, -0.2) is 41.5 Å². The van der Waals surface area contributed by atoms with Gasteiger partial charge in [-0.2, -0.15) is 0 Å². The number of carbonyl (C=O) groups excluding carboxylic acids is 1. The van der Waals surface area contributed by atoms with E-state index in [1.165, 1.54) is 6.42 Å². The Morgan fingerprint density at radius 2 is 1.96 bits per heavy atom. The number of carbonyl (C=O) groups is 1. The van der Waals surface area contributed by atoms with Gasteiger partial charge < -0.3 is 15.2 Å². The fraction of sp³-hybridized carbons (Fsp3) is 0.500. The van der Waals surface area contributed by atoms with Crippen LogP contribution in [0.5, 0.6) is 0 Å². The number of pyridine rings is 1. The number of amides is 1. The van der Waals surface area contributed by atoms with Crippen molar-refractivity contribution in [1.29, 1.82) is 0 Å². The van der Waals surface area contributed by atoms with Gasteiger partial charge in [-0.3, -0.25) is 9.59 Å². The zero-order valence-electron chi connectivity index (χ0n) is 15.2. The van der Waals surface area contributed by atoms with E-state index in [9.17, 15) is 9.59 Å². The Balaban J connectivity index is 1.66. The third-order valence-corrected chi connectivity index (χ3v) is 4.85. The van der Waals surface area contributed by atoms with Crippen LogP contribution in [0.1, 0.15) is 37.7 Å². The number of aromatic amines is 1. The Kier molecular flexibility index (Phi) is 5.23. The number of H-pyrrole nitrogens is 1. The van der Waals surface area contributed by atoms with Gasteiger partial charge in [0.25, 0.3) is 11.5 Å². The van der Waals surface area contributed by atoms with Gasteiger partial charge in [-0.05, 0) is 42.7 Å². The Hall–Kier alpha value is -2.14. The summed E-state index contributed by atoms with van der Waals surface area (Å²) in [7, 11) is 0. The highest BCUT2D eigenvalue weighted by Crippen LogP contribution is 2.20. The maximum atomic E-state index is 12.5. The first-order valence-electron chi connectivity index (χ1n) is 9.07. The lowest BCUT2D eigenvalue weighted by atomic mass is 9.92. The van der Waals surface area contributed by atoms with Crippen molar-refractivity contribution in [3.05, 3.63) is 46.4 Å². The maximum absolute atomic E-state index is 12.5. The minimum atomic E-state index is -0.228. The van der Waals surface area contributed by atoms with Crippen molar-refractivity contribution in [3.63, 3.8) is 0 Å². The van der Waals surface area contributed by atoms with Gasteiger partial charge in [0.1, 0.15) is 5.69 Å². The number of likely N-dealkylation sites (tertiary alicyclic amines) is 1. The molecule has 5 heteroatoms. The van der Waals surface area contributed by atoms with E-state index in [1.807, 2.05) is 25.1 Å².